The van der Waals surface area contributed by atoms with Gasteiger partial charge in [0.05, 0.1) is 0 Å². The Morgan fingerprint density at radius 2 is 2.23 bits per heavy atom. The lowest BCUT2D eigenvalue weighted by atomic mass is 10.0. The van der Waals surface area contributed by atoms with Crippen LogP contribution in [0, 0.1) is 0 Å². The van der Waals surface area contributed by atoms with E-state index in [-0.39, 0.29) is 0 Å². The third kappa shape index (κ3) is 2.07. The van der Waals surface area contributed by atoms with Crippen LogP contribution in [-0.2, 0) is 0 Å². The minimum atomic E-state index is 0.358. The first-order valence-electron chi connectivity index (χ1n) is 4.42. The highest BCUT2D eigenvalue weighted by Crippen LogP contribution is 2.27. The fraction of sp³-hybridized carbons (Fsp3) is 0.273. The molecular formula is C11H12OS. The molecule has 0 atom stereocenters. The van der Waals surface area contributed by atoms with Crippen LogP contribution < -0.4 is 0 Å². The summed E-state index contributed by atoms with van der Waals surface area (Å²) in [7, 11) is 0. The van der Waals surface area contributed by atoms with Gasteiger partial charge in [-0.25, -0.2) is 0 Å². The van der Waals surface area contributed by atoms with E-state index in [1.807, 2.05) is 23.9 Å². The lowest BCUT2D eigenvalue weighted by Gasteiger charge is -2.12. The van der Waals surface area contributed by atoms with Gasteiger partial charge in [-0.3, -0.25) is 0 Å². The van der Waals surface area contributed by atoms with Gasteiger partial charge in [0.15, 0.2) is 0 Å². The Labute approximate surface area is 82.5 Å². The van der Waals surface area contributed by atoms with Crippen LogP contribution in [0.3, 0.4) is 0 Å². The van der Waals surface area contributed by atoms with Crippen molar-refractivity contribution in [2.75, 3.05) is 11.5 Å². The molecule has 0 radical (unpaired) electrons. The van der Waals surface area contributed by atoms with Crippen LogP contribution in [0.1, 0.15) is 12.0 Å². The summed E-state index contributed by atoms with van der Waals surface area (Å²) < 4.78 is 0. The van der Waals surface area contributed by atoms with E-state index in [1.54, 1.807) is 6.07 Å². The van der Waals surface area contributed by atoms with E-state index in [1.165, 1.54) is 16.9 Å². The fourth-order valence-electron chi connectivity index (χ4n) is 1.49. The zero-order chi connectivity index (χ0) is 9.10. The summed E-state index contributed by atoms with van der Waals surface area (Å²) >= 11 is 1.96. The molecule has 1 aliphatic rings. The van der Waals surface area contributed by atoms with E-state index in [2.05, 4.69) is 12.1 Å². The van der Waals surface area contributed by atoms with E-state index < -0.39 is 0 Å². The quantitative estimate of drug-likeness (QED) is 0.738. The maximum atomic E-state index is 9.31. The van der Waals surface area contributed by atoms with Crippen molar-refractivity contribution < 1.29 is 5.11 Å². The van der Waals surface area contributed by atoms with Gasteiger partial charge in [-0.2, -0.15) is 11.8 Å². The van der Waals surface area contributed by atoms with E-state index in [0.717, 1.165) is 12.2 Å². The Hall–Kier alpha value is -0.890. The Balaban J connectivity index is 2.29. The summed E-state index contributed by atoms with van der Waals surface area (Å²) in [6.07, 6.45) is 3.37. The zero-order valence-corrected chi connectivity index (χ0v) is 8.18. The summed E-state index contributed by atoms with van der Waals surface area (Å²) in [6, 6.07) is 7.50. The lowest BCUT2D eigenvalue weighted by Crippen LogP contribution is -1.94. The molecule has 0 amide bonds. The molecule has 0 saturated carbocycles. The molecule has 0 bridgehead atoms. The van der Waals surface area contributed by atoms with Crippen molar-refractivity contribution in [3.8, 4) is 5.75 Å². The fourth-order valence-corrected chi connectivity index (χ4v) is 2.34. The van der Waals surface area contributed by atoms with Gasteiger partial charge < -0.3 is 5.11 Å². The van der Waals surface area contributed by atoms with Gasteiger partial charge in [-0.1, -0.05) is 18.2 Å². The summed E-state index contributed by atoms with van der Waals surface area (Å²) in [4.78, 5) is 0. The SMILES string of the molecule is Oc1cccc(C2=CCSCC2)c1. The highest BCUT2D eigenvalue weighted by molar-refractivity contribution is 7.99. The second-order valence-corrected chi connectivity index (χ2v) is 4.25. The molecule has 1 aromatic rings. The van der Waals surface area contributed by atoms with Crippen LogP contribution >= 0.6 is 11.8 Å². The number of allylic oxidation sites excluding steroid dienone is 1. The van der Waals surface area contributed by atoms with Gasteiger partial charge in [-0.05, 0) is 35.4 Å². The molecule has 2 rings (SSSR count). The normalized spacial score (nSPS) is 16.8. The van der Waals surface area contributed by atoms with Crippen LogP contribution in [0.15, 0.2) is 30.3 Å². The van der Waals surface area contributed by atoms with Gasteiger partial charge in [0, 0.05) is 5.75 Å². The first-order valence-corrected chi connectivity index (χ1v) is 5.58. The molecule has 0 saturated heterocycles. The smallest absolute Gasteiger partial charge is 0.116 e. The Kier molecular flexibility index (Phi) is 2.60. The number of hydrogen-bond acceptors (Lipinski definition) is 2. The average molecular weight is 192 g/mol. The monoisotopic (exact) mass is 192 g/mol. The van der Waals surface area contributed by atoms with E-state index in [9.17, 15) is 5.11 Å². The number of phenols is 1. The zero-order valence-electron chi connectivity index (χ0n) is 7.36. The molecule has 0 unspecified atom stereocenters. The molecule has 1 N–H and O–H groups in total. The molecule has 1 aliphatic heterocycles. The van der Waals surface area contributed by atoms with Crippen LogP contribution in [0.25, 0.3) is 5.57 Å². The largest absolute Gasteiger partial charge is 0.508 e. The van der Waals surface area contributed by atoms with Crippen LogP contribution in [-0.4, -0.2) is 16.6 Å². The second kappa shape index (κ2) is 3.88. The first-order chi connectivity index (χ1) is 6.36. The molecule has 2 heteroatoms. The maximum Gasteiger partial charge on any atom is 0.116 e. The molecule has 13 heavy (non-hydrogen) atoms. The third-order valence-electron chi connectivity index (χ3n) is 2.18. The first kappa shape index (κ1) is 8.70. The predicted octanol–water partition coefficient (Wildman–Crippen LogP) is 2.91. The van der Waals surface area contributed by atoms with E-state index in [0.29, 0.717) is 5.75 Å². The molecule has 0 aromatic heterocycles. The number of rotatable bonds is 1. The number of aromatic hydroxyl groups is 1. The molecular weight excluding hydrogens is 180 g/mol. The minimum Gasteiger partial charge on any atom is -0.508 e. The van der Waals surface area contributed by atoms with Crippen molar-refractivity contribution in [1.82, 2.24) is 0 Å². The highest BCUT2D eigenvalue weighted by atomic mass is 32.2. The van der Waals surface area contributed by atoms with Crippen molar-refractivity contribution in [2.24, 2.45) is 0 Å². The number of benzene rings is 1. The summed E-state index contributed by atoms with van der Waals surface area (Å²) in [5.74, 6) is 2.66. The molecule has 1 nitrogen and oxygen atoms in total. The summed E-state index contributed by atoms with van der Waals surface area (Å²) in [5.41, 5.74) is 2.54. The van der Waals surface area contributed by atoms with E-state index >= 15 is 0 Å². The van der Waals surface area contributed by atoms with Crippen molar-refractivity contribution in [2.45, 2.75) is 6.42 Å². The summed E-state index contributed by atoms with van der Waals surface area (Å²) in [6.45, 7) is 0. The van der Waals surface area contributed by atoms with Gasteiger partial charge in [0.1, 0.15) is 5.75 Å². The maximum absolute atomic E-state index is 9.31. The Morgan fingerprint density at radius 1 is 1.31 bits per heavy atom. The topological polar surface area (TPSA) is 20.2 Å². The van der Waals surface area contributed by atoms with E-state index in [4.69, 9.17) is 0 Å². The summed E-state index contributed by atoms with van der Waals surface area (Å²) in [5, 5.41) is 9.31. The lowest BCUT2D eigenvalue weighted by molar-refractivity contribution is 0.475. The second-order valence-electron chi connectivity index (χ2n) is 3.10. The molecule has 0 aliphatic carbocycles. The predicted molar refractivity (Wildman–Crippen MR) is 58.0 cm³/mol. The Morgan fingerprint density at radius 3 is 2.92 bits per heavy atom. The van der Waals surface area contributed by atoms with Gasteiger partial charge in [-0.15, -0.1) is 0 Å². The van der Waals surface area contributed by atoms with Crippen LogP contribution in [0.4, 0.5) is 0 Å². The molecule has 0 fully saturated rings. The van der Waals surface area contributed by atoms with Crippen LogP contribution in [0.5, 0.6) is 5.75 Å². The van der Waals surface area contributed by atoms with Crippen molar-refractivity contribution in [1.29, 1.82) is 0 Å². The molecule has 1 heterocycles. The van der Waals surface area contributed by atoms with Crippen molar-refractivity contribution in [3.05, 3.63) is 35.9 Å². The number of phenolic OH excluding ortho intramolecular Hbond substituents is 1. The van der Waals surface area contributed by atoms with Gasteiger partial charge in [0.2, 0.25) is 0 Å². The van der Waals surface area contributed by atoms with Gasteiger partial charge in [0.25, 0.3) is 0 Å². The number of hydrogen-bond donors (Lipinski definition) is 1. The molecule has 1 aromatic carbocycles. The van der Waals surface area contributed by atoms with Crippen molar-refractivity contribution >= 4 is 17.3 Å². The average Bonchev–Trinajstić information content (AvgIpc) is 2.19. The molecule has 68 valence electrons. The van der Waals surface area contributed by atoms with Gasteiger partial charge >= 0.3 is 0 Å². The number of thioether (sulfide) groups is 1. The molecule has 0 spiro atoms. The van der Waals surface area contributed by atoms with Crippen LogP contribution in [0.2, 0.25) is 0 Å². The standard InChI is InChI=1S/C11H12OS/c12-11-3-1-2-10(8-11)9-4-6-13-7-5-9/h1-4,8,12H,5-7H2. The minimum absolute atomic E-state index is 0.358. The highest BCUT2D eigenvalue weighted by Gasteiger charge is 2.06. The van der Waals surface area contributed by atoms with Crippen molar-refractivity contribution in [3.63, 3.8) is 0 Å². The Bertz CT molecular complexity index is 331. The third-order valence-corrected chi connectivity index (χ3v) is 3.08.